The number of rotatable bonds is 6. The van der Waals surface area contributed by atoms with Gasteiger partial charge in [-0.1, -0.05) is 13.3 Å². The SMILES string of the molecule is CCCc1c(OC(C)(C)C)c(O)c2c(OC)c(OC)c(OC)cc2c1O. The predicted molar refractivity (Wildman–Crippen MR) is 101 cm³/mol. The van der Waals surface area contributed by atoms with Crippen LogP contribution in [0.3, 0.4) is 0 Å². The van der Waals surface area contributed by atoms with E-state index in [-0.39, 0.29) is 23.0 Å². The second-order valence-corrected chi connectivity index (χ2v) is 7.04. The first-order chi connectivity index (χ1) is 12.2. The fourth-order valence-corrected chi connectivity index (χ4v) is 3.00. The molecule has 0 fully saturated rings. The average Bonchev–Trinajstić information content (AvgIpc) is 2.59. The fraction of sp³-hybridized carbons (Fsp3) is 0.500. The van der Waals surface area contributed by atoms with E-state index in [1.807, 2.05) is 27.7 Å². The van der Waals surface area contributed by atoms with Crippen molar-refractivity contribution in [3.05, 3.63) is 11.6 Å². The van der Waals surface area contributed by atoms with Gasteiger partial charge in [0, 0.05) is 10.9 Å². The number of hydrogen-bond acceptors (Lipinski definition) is 6. The molecule has 0 radical (unpaired) electrons. The molecule has 2 rings (SSSR count). The number of phenols is 2. The summed E-state index contributed by atoms with van der Waals surface area (Å²) in [6.45, 7) is 7.65. The lowest BCUT2D eigenvalue weighted by Gasteiger charge is -2.26. The molecule has 0 unspecified atom stereocenters. The standard InChI is InChI=1S/C20H28O6/c1-8-9-11-15(21)12-10-13(23-5)18(24-6)19(25-7)14(12)16(22)17(11)26-20(2,3)4/h10,21-22H,8-9H2,1-7H3. The van der Waals surface area contributed by atoms with Gasteiger partial charge in [-0.05, 0) is 33.3 Å². The summed E-state index contributed by atoms with van der Waals surface area (Å²) < 4.78 is 22.2. The molecular formula is C20H28O6. The van der Waals surface area contributed by atoms with E-state index in [1.165, 1.54) is 21.3 Å². The van der Waals surface area contributed by atoms with E-state index < -0.39 is 5.60 Å². The third-order valence-electron chi connectivity index (χ3n) is 4.01. The van der Waals surface area contributed by atoms with Crippen LogP contribution >= 0.6 is 0 Å². The highest BCUT2D eigenvalue weighted by atomic mass is 16.5. The van der Waals surface area contributed by atoms with Crippen molar-refractivity contribution in [3.8, 4) is 34.5 Å². The van der Waals surface area contributed by atoms with Gasteiger partial charge >= 0.3 is 0 Å². The summed E-state index contributed by atoms with van der Waals surface area (Å²) in [5.41, 5.74) is 0.00542. The molecule has 0 aliphatic heterocycles. The molecule has 6 heteroatoms. The van der Waals surface area contributed by atoms with Crippen LogP contribution in [0.1, 0.15) is 39.7 Å². The minimum Gasteiger partial charge on any atom is -0.507 e. The van der Waals surface area contributed by atoms with Gasteiger partial charge in [0.2, 0.25) is 5.75 Å². The smallest absolute Gasteiger partial charge is 0.204 e. The van der Waals surface area contributed by atoms with E-state index in [0.717, 1.165) is 6.42 Å². The highest BCUT2D eigenvalue weighted by Crippen LogP contribution is 2.54. The minimum atomic E-state index is -0.552. The Kier molecular flexibility index (Phi) is 5.64. The monoisotopic (exact) mass is 364 g/mol. The molecule has 0 atom stereocenters. The highest BCUT2D eigenvalue weighted by molar-refractivity contribution is 6.03. The van der Waals surface area contributed by atoms with Crippen molar-refractivity contribution in [2.75, 3.05) is 21.3 Å². The Labute approximate surface area is 154 Å². The van der Waals surface area contributed by atoms with Crippen LogP contribution in [0.5, 0.6) is 34.5 Å². The van der Waals surface area contributed by atoms with Crippen LogP contribution in [0.2, 0.25) is 0 Å². The van der Waals surface area contributed by atoms with E-state index >= 15 is 0 Å². The van der Waals surface area contributed by atoms with Crippen molar-refractivity contribution in [1.29, 1.82) is 0 Å². The summed E-state index contributed by atoms with van der Waals surface area (Å²) in [4.78, 5) is 0. The molecule has 2 aromatic carbocycles. The maximum absolute atomic E-state index is 11.0. The quantitative estimate of drug-likeness (QED) is 0.740. The molecular weight excluding hydrogens is 336 g/mol. The number of hydrogen-bond donors (Lipinski definition) is 2. The lowest BCUT2D eigenvalue weighted by Crippen LogP contribution is -2.23. The van der Waals surface area contributed by atoms with Gasteiger partial charge in [-0.3, -0.25) is 0 Å². The molecule has 0 aliphatic carbocycles. The molecule has 26 heavy (non-hydrogen) atoms. The average molecular weight is 364 g/mol. The fourth-order valence-electron chi connectivity index (χ4n) is 3.00. The van der Waals surface area contributed by atoms with Gasteiger partial charge < -0.3 is 29.2 Å². The zero-order valence-electron chi connectivity index (χ0n) is 16.5. The van der Waals surface area contributed by atoms with Gasteiger partial charge in [0.05, 0.1) is 26.7 Å². The van der Waals surface area contributed by atoms with Gasteiger partial charge in [-0.15, -0.1) is 0 Å². The first-order valence-corrected chi connectivity index (χ1v) is 8.58. The molecule has 2 N–H and O–H groups in total. The third kappa shape index (κ3) is 3.41. The van der Waals surface area contributed by atoms with Crippen LogP contribution in [0.15, 0.2) is 6.07 Å². The number of phenolic OH excluding ortho intramolecular Hbond substituents is 2. The molecule has 2 aromatic rings. The second-order valence-electron chi connectivity index (χ2n) is 7.04. The van der Waals surface area contributed by atoms with Crippen LogP contribution in [0, 0.1) is 0 Å². The molecule has 6 nitrogen and oxygen atoms in total. The summed E-state index contributed by atoms with van der Waals surface area (Å²) in [6, 6.07) is 1.63. The van der Waals surface area contributed by atoms with Gasteiger partial charge in [0.1, 0.15) is 11.4 Å². The molecule has 0 spiro atoms. The third-order valence-corrected chi connectivity index (χ3v) is 4.01. The maximum Gasteiger partial charge on any atom is 0.204 e. The van der Waals surface area contributed by atoms with Crippen LogP contribution in [-0.4, -0.2) is 37.1 Å². The van der Waals surface area contributed by atoms with Gasteiger partial charge in [-0.25, -0.2) is 0 Å². The molecule has 0 aromatic heterocycles. The summed E-state index contributed by atoms with van der Waals surface area (Å²) >= 11 is 0. The molecule has 0 saturated heterocycles. The van der Waals surface area contributed by atoms with Crippen molar-refractivity contribution in [3.63, 3.8) is 0 Å². The largest absolute Gasteiger partial charge is 0.507 e. The predicted octanol–water partition coefficient (Wildman–Crippen LogP) is 4.41. The highest BCUT2D eigenvalue weighted by Gasteiger charge is 2.28. The molecule has 144 valence electrons. The lowest BCUT2D eigenvalue weighted by molar-refractivity contribution is 0.124. The van der Waals surface area contributed by atoms with Crippen LogP contribution in [0.4, 0.5) is 0 Å². The Balaban J connectivity index is 3.00. The van der Waals surface area contributed by atoms with E-state index in [9.17, 15) is 10.2 Å². The van der Waals surface area contributed by atoms with Crippen molar-refractivity contribution < 1.29 is 29.2 Å². The van der Waals surface area contributed by atoms with E-state index in [4.69, 9.17) is 18.9 Å². The number of ether oxygens (including phenoxy) is 4. The number of methoxy groups -OCH3 is 3. The first-order valence-electron chi connectivity index (χ1n) is 8.58. The molecule has 0 bridgehead atoms. The zero-order valence-corrected chi connectivity index (χ0v) is 16.5. The summed E-state index contributed by atoms with van der Waals surface area (Å²) in [5.74, 6) is 1.22. The Morgan fingerprint density at radius 1 is 0.885 bits per heavy atom. The van der Waals surface area contributed by atoms with E-state index in [0.29, 0.717) is 34.3 Å². The van der Waals surface area contributed by atoms with Crippen LogP contribution in [0.25, 0.3) is 10.8 Å². The number of aromatic hydroxyl groups is 2. The van der Waals surface area contributed by atoms with Crippen LogP contribution < -0.4 is 18.9 Å². The molecule has 0 amide bonds. The second kappa shape index (κ2) is 7.40. The molecule has 0 aliphatic rings. The van der Waals surface area contributed by atoms with Crippen LogP contribution in [-0.2, 0) is 6.42 Å². The van der Waals surface area contributed by atoms with Crippen molar-refractivity contribution >= 4 is 10.8 Å². The Hall–Kier alpha value is -2.50. The molecule has 0 heterocycles. The minimum absolute atomic E-state index is 0.0400. The zero-order chi connectivity index (χ0) is 19.6. The first kappa shape index (κ1) is 19.8. The molecule has 0 saturated carbocycles. The van der Waals surface area contributed by atoms with E-state index in [1.54, 1.807) is 6.07 Å². The summed E-state index contributed by atoms with van der Waals surface area (Å²) in [5, 5.41) is 22.7. The lowest BCUT2D eigenvalue weighted by atomic mass is 9.97. The normalized spacial score (nSPS) is 11.5. The number of benzene rings is 2. The Morgan fingerprint density at radius 2 is 1.50 bits per heavy atom. The van der Waals surface area contributed by atoms with Crippen molar-refractivity contribution in [2.24, 2.45) is 0 Å². The van der Waals surface area contributed by atoms with Gasteiger partial charge in [0.15, 0.2) is 23.0 Å². The Bertz CT molecular complexity index is 805. The summed E-state index contributed by atoms with van der Waals surface area (Å²) in [7, 11) is 4.46. The van der Waals surface area contributed by atoms with Crippen molar-refractivity contribution in [2.45, 2.75) is 46.1 Å². The number of fused-ring (bicyclic) bond motifs is 1. The summed E-state index contributed by atoms with van der Waals surface area (Å²) in [6.07, 6.45) is 1.33. The van der Waals surface area contributed by atoms with Crippen molar-refractivity contribution in [1.82, 2.24) is 0 Å². The maximum atomic E-state index is 11.0. The van der Waals surface area contributed by atoms with Gasteiger partial charge in [-0.2, -0.15) is 0 Å². The van der Waals surface area contributed by atoms with E-state index in [2.05, 4.69) is 0 Å². The Morgan fingerprint density at radius 3 is 1.96 bits per heavy atom. The van der Waals surface area contributed by atoms with Gasteiger partial charge in [0.25, 0.3) is 0 Å². The topological polar surface area (TPSA) is 77.4 Å².